The van der Waals surface area contributed by atoms with E-state index in [2.05, 4.69) is 45.1 Å². The molecule has 0 aromatic rings. The molecule has 0 aliphatic heterocycles. The molecule has 0 aliphatic carbocycles. The molecule has 1 unspecified atom stereocenters. The molecule has 0 aromatic heterocycles. The predicted molar refractivity (Wildman–Crippen MR) is 252 cm³/mol. The fourth-order valence-corrected chi connectivity index (χ4v) is 7.50. The van der Waals surface area contributed by atoms with Crippen molar-refractivity contribution in [1.82, 2.24) is 0 Å². The molecule has 0 heterocycles. The summed E-state index contributed by atoms with van der Waals surface area (Å²) in [4.78, 5) is 37.9. The van der Waals surface area contributed by atoms with Crippen LogP contribution in [0.25, 0.3) is 0 Å². The molecule has 0 bridgehead atoms. The molecule has 0 saturated heterocycles. The molecule has 0 amide bonds. The normalized spacial score (nSPS) is 12.1. The zero-order valence-corrected chi connectivity index (χ0v) is 39.5. The first-order valence-corrected chi connectivity index (χ1v) is 25.8. The van der Waals surface area contributed by atoms with Gasteiger partial charge >= 0.3 is 17.9 Å². The van der Waals surface area contributed by atoms with Crippen molar-refractivity contribution < 1.29 is 28.6 Å². The van der Waals surface area contributed by atoms with E-state index in [1.165, 1.54) is 161 Å². The molecule has 0 rings (SSSR count). The Morgan fingerprint density at radius 2 is 0.593 bits per heavy atom. The highest BCUT2D eigenvalue weighted by molar-refractivity contribution is 5.71. The first kappa shape index (κ1) is 56.9. The van der Waals surface area contributed by atoms with E-state index in [0.717, 1.165) is 77.0 Å². The van der Waals surface area contributed by atoms with Gasteiger partial charge in [0.15, 0.2) is 6.10 Å². The summed E-state index contributed by atoms with van der Waals surface area (Å²) < 4.78 is 16.8. The zero-order chi connectivity index (χ0) is 43.0. The zero-order valence-electron chi connectivity index (χ0n) is 39.5. The van der Waals surface area contributed by atoms with Crippen LogP contribution in [0.15, 0.2) is 24.3 Å². The van der Waals surface area contributed by atoms with E-state index in [9.17, 15) is 14.4 Å². The fraction of sp³-hybridized carbons (Fsp3) is 0.868. The Bertz CT molecular complexity index is 958. The molecule has 59 heavy (non-hydrogen) atoms. The Morgan fingerprint density at radius 1 is 0.322 bits per heavy atom. The number of rotatable bonds is 47. The Hall–Kier alpha value is -2.11. The maximum Gasteiger partial charge on any atom is 0.306 e. The minimum Gasteiger partial charge on any atom is -0.462 e. The highest BCUT2D eigenvalue weighted by atomic mass is 16.6. The lowest BCUT2D eigenvalue weighted by atomic mass is 10.0. The van der Waals surface area contributed by atoms with Gasteiger partial charge in [0.05, 0.1) is 0 Å². The molecule has 6 nitrogen and oxygen atoms in total. The van der Waals surface area contributed by atoms with E-state index >= 15 is 0 Å². The quantitative estimate of drug-likeness (QED) is 0.0263. The number of allylic oxidation sites excluding steroid dienone is 4. The lowest BCUT2D eigenvalue weighted by molar-refractivity contribution is -0.167. The van der Waals surface area contributed by atoms with Crippen LogP contribution in [0.5, 0.6) is 0 Å². The van der Waals surface area contributed by atoms with E-state index in [1.54, 1.807) is 0 Å². The Kier molecular flexibility index (Phi) is 46.8. The van der Waals surface area contributed by atoms with Crippen LogP contribution in [-0.4, -0.2) is 37.2 Å². The molecular weight excluding hydrogens is 733 g/mol. The van der Waals surface area contributed by atoms with Gasteiger partial charge in [-0.1, -0.05) is 218 Å². The monoisotopic (exact) mass is 831 g/mol. The molecule has 1 atom stereocenters. The summed E-state index contributed by atoms with van der Waals surface area (Å²) in [7, 11) is 0. The van der Waals surface area contributed by atoms with Crippen molar-refractivity contribution in [2.24, 2.45) is 0 Å². The van der Waals surface area contributed by atoms with Gasteiger partial charge in [-0.05, 0) is 64.2 Å². The second kappa shape index (κ2) is 48.6. The Labute approximate surface area is 366 Å². The van der Waals surface area contributed by atoms with E-state index < -0.39 is 6.10 Å². The van der Waals surface area contributed by atoms with Crippen molar-refractivity contribution >= 4 is 17.9 Å². The molecule has 0 aromatic carbocycles. The van der Waals surface area contributed by atoms with Crippen LogP contribution >= 0.6 is 0 Å². The van der Waals surface area contributed by atoms with Crippen LogP contribution in [0.3, 0.4) is 0 Å². The van der Waals surface area contributed by atoms with Crippen LogP contribution in [-0.2, 0) is 28.6 Å². The molecule has 0 fully saturated rings. The van der Waals surface area contributed by atoms with Crippen molar-refractivity contribution in [3.05, 3.63) is 24.3 Å². The van der Waals surface area contributed by atoms with Crippen LogP contribution in [0.2, 0.25) is 0 Å². The van der Waals surface area contributed by atoms with Gasteiger partial charge in [-0.2, -0.15) is 0 Å². The number of esters is 3. The maximum atomic E-state index is 12.8. The average Bonchev–Trinajstić information content (AvgIpc) is 3.23. The number of carbonyl (C=O) groups excluding carboxylic acids is 3. The van der Waals surface area contributed by atoms with Crippen LogP contribution in [0.4, 0.5) is 0 Å². The smallest absolute Gasteiger partial charge is 0.306 e. The summed E-state index contributed by atoms with van der Waals surface area (Å²) in [5.41, 5.74) is 0. The Morgan fingerprint density at radius 3 is 0.932 bits per heavy atom. The number of ether oxygens (including phenoxy) is 3. The minimum atomic E-state index is -0.773. The largest absolute Gasteiger partial charge is 0.462 e. The molecule has 0 N–H and O–H groups in total. The molecule has 0 radical (unpaired) electrons. The van der Waals surface area contributed by atoms with Crippen LogP contribution < -0.4 is 0 Å². The van der Waals surface area contributed by atoms with Crippen LogP contribution in [0.1, 0.15) is 278 Å². The van der Waals surface area contributed by atoms with E-state index in [-0.39, 0.29) is 31.1 Å². The summed E-state index contributed by atoms with van der Waals surface area (Å²) in [6.07, 6.45) is 54.5. The molecule has 346 valence electrons. The van der Waals surface area contributed by atoms with Gasteiger partial charge in [-0.3, -0.25) is 14.4 Å². The summed E-state index contributed by atoms with van der Waals surface area (Å²) in [6.45, 7) is 6.57. The average molecular weight is 831 g/mol. The second-order valence-electron chi connectivity index (χ2n) is 17.4. The van der Waals surface area contributed by atoms with E-state index in [1.807, 2.05) is 0 Å². The van der Waals surface area contributed by atoms with Gasteiger partial charge in [0.25, 0.3) is 0 Å². The number of hydrogen-bond donors (Lipinski definition) is 0. The fourth-order valence-electron chi connectivity index (χ4n) is 7.50. The van der Waals surface area contributed by atoms with Crippen molar-refractivity contribution in [3.8, 4) is 0 Å². The van der Waals surface area contributed by atoms with Gasteiger partial charge in [0.2, 0.25) is 0 Å². The van der Waals surface area contributed by atoms with Crippen molar-refractivity contribution in [1.29, 1.82) is 0 Å². The summed E-state index contributed by atoms with van der Waals surface area (Å²) >= 11 is 0. The van der Waals surface area contributed by atoms with E-state index in [0.29, 0.717) is 19.3 Å². The molecule has 6 heteroatoms. The first-order valence-electron chi connectivity index (χ1n) is 25.8. The molecule has 0 saturated carbocycles. The van der Waals surface area contributed by atoms with Gasteiger partial charge < -0.3 is 14.2 Å². The Balaban J connectivity index is 4.28. The van der Waals surface area contributed by atoms with Gasteiger partial charge in [0.1, 0.15) is 13.2 Å². The highest BCUT2D eigenvalue weighted by Gasteiger charge is 2.19. The summed E-state index contributed by atoms with van der Waals surface area (Å²) in [5.74, 6) is -0.882. The van der Waals surface area contributed by atoms with Gasteiger partial charge in [-0.15, -0.1) is 0 Å². The minimum absolute atomic E-state index is 0.0737. The maximum absolute atomic E-state index is 12.8. The number of hydrogen-bond acceptors (Lipinski definition) is 6. The van der Waals surface area contributed by atoms with Crippen molar-refractivity contribution in [2.75, 3.05) is 13.2 Å². The summed E-state index contributed by atoms with van der Waals surface area (Å²) in [6, 6.07) is 0. The van der Waals surface area contributed by atoms with Gasteiger partial charge in [-0.25, -0.2) is 0 Å². The second-order valence-corrected chi connectivity index (χ2v) is 17.4. The van der Waals surface area contributed by atoms with Crippen molar-refractivity contribution in [2.45, 2.75) is 284 Å². The van der Waals surface area contributed by atoms with Gasteiger partial charge in [0, 0.05) is 19.3 Å². The lowest BCUT2D eigenvalue weighted by Crippen LogP contribution is -2.30. The number of unbranched alkanes of at least 4 members (excludes halogenated alkanes) is 32. The van der Waals surface area contributed by atoms with Crippen molar-refractivity contribution in [3.63, 3.8) is 0 Å². The summed E-state index contributed by atoms with van der Waals surface area (Å²) in [5, 5.41) is 0. The highest BCUT2D eigenvalue weighted by Crippen LogP contribution is 2.16. The SMILES string of the molecule is CCC/C=C\CCCCCCCC(=O)OCC(COC(=O)CCCCCCCCCCCCCCCCCCCC)OC(=O)CCCCCCC/C=C\CCCCCC. The standard InChI is InChI=1S/C53H98O6/c1-4-7-10-13-16-19-22-24-25-26-27-28-30-31-34-37-40-43-46-52(55)58-49-50(48-57-51(54)45-42-39-36-33-21-18-15-12-9-6-3)59-53(56)47-44-41-38-35-32-29-23-20-17-14-11-8-5-2/h12,15,20,23,50H,4-11,13-14,16-19,21-22,24-49H2,1-3H3/b15-12-,23-20-. The number of carbonyl (C=O) groups is 3. The third-order valence-corrected chi connectivity index (χ3v) is 11.4. The first-order chi connectivity index (χ1) is 29.0. The van der Waals surface area contributed by atoms with Crippen LogP contribution in [0, 0.1) is 0 Å². The predicted octanol–water partition coefficient (Wildman–Crippen LogP) is 16.8. The molecule has 0 spiro atoms. The molecular formula is C53H98O6. The topological polar surface area (TPSA) is 78.9 Å². The molecule has 0 aliphatic rings. The third-order valence-electron chi connectivity index (χ3n) is 11.4. The third kappa shape index (κ3) is 46.8. The van der Waals surface area contributed by atoms with E-state index in [4.69, 9.17) is 14.2 Å². The lowest BCUT2D eigenvalue weighted by Gasteiger charge is -2.18.